The van der Waals surface area contributed by atoms with Gasteiger partial charge in [0.15, 0.2) is 11.5 Å². The van der Waals surface area contributed by atoms with Crippen LogP contribution >= 0.6 is 0 Å². The number of hydrogen-bond acceptors (Lipinski definition) is 4. The van der Waals surface area contributed by atoms with Gasteiger partial charge in [0.05, 0.1) is 30.4 Å². The van der Waals surface area contributed by atoms with Gasteiger partial charge in [-0.05, 0) is 42.3 Å². The molecule has 0 heterocycles. The Kier molecular flexibility index (Phi) is 4.43. The number of hydrogen-bond donors (Lipinski definition) is 0. The Hall–Kier alpha value is -2.98. The van der Waals surface area contributed by atoms with Crippen molar-refractivity contribution >= 4 is 0 Å². The zero-order chi connectivity index (χ0) is 15.2. The van der Waals surface area contributed by atoms with Crippen LogP contribution in [0.15, 0.2) is 36.4 Å². The summed E-state index contributed by atoms with van der Waals surface area (Å²) < 4.78 is 11.0. The van der Waals surface area contributed by atoms with Crippen molar-refractivity contribution in [3.63, 3.8) is 0 Å². The van der Waals surface area contributed by atoms with Crippen LogP contribution in [0.2, 0.25) is 0 Å². The predicted molar refractivity (Wildman–Crippen MR) is 77.9 cm³/mol. The quantitative estimate of drug-likeness (QED) is 0.860. The highest BCUT2D eigenvalue weighted by Gasteiger charge is 2.07. The summed E-state index contributed by atoms with van der Waals surface area (Å²) in [5.41, 5.74) is 3.16. The monoisotopic (exact) mass is 278 g/mol. The second-order valence-corrected chi connectivity index (χ2v) is 4.52. The Labute approximate surface area is 123 Å². The Morgan fingerprint density at radius 1 is 0.952 bits per heavy atom. The van der Waals surface area contributed by atoms with E-state index < -0.39 is 0 Å². The first-order chi connectivity index (χ1) is 10.2. The minimum Gasteiger partial charge on any atom is -0.493 e. The first kappa shape index (κ1) is 14.4. The largest absolute Gasteiger partial charge is 0.493 e. The molecule has 0 saturated carbocycles. The normalized spacial score (nSPS) is 9.52. The highest BCUT2D eigenvalue weighted by atomic mass is 16.5. The summed E-state index contributed by atoms with van der Waals surface area (Å²) in [6.07, 6.45) is 0. The van der Waals surface area contributed by atoms with Crippen LogP contribution in [0, 0.1) is 29.6 Å². The second kappa shape index (κ2) is 6.45. The molecular weight excluding hydrogens is 264 g/mol. The smallest absolute Gasteiger partial charge is 0.162 e. The van der Waals surface area contributed by atoms with Gasteiger partial charge in [-0.1, -0.05) is 6.07 Å². The van der Waals surface area contributed by atoms with E-state index in [9.17, 15) is 0 Å². The van der Waals surface area contributed by atoms with Crippen molar-refractivity contribution in [2.45, 2.75) is 13.5 Å². The second-order valence-electron chi connectivity index (χ2n) is 4.52. The first-order valence-corrected chi connectivity index (χ1v) is 6.38. The van der Waals surface area contributed by atoms with Gasteiger partial charge in [-0.3, -0.25) is 0 Å². The molecule has 0 aromatic heterocycles. The van der Waals surface area contributed by atoms with Crippen LogP contribution < -0.4 is 9.47 Å². The maximum atomic E-state index is 8.87. The lowest BCUT2D eigenvalue weighted by Gasteiger charge is -2.12. The van der Waals surface area contributed by atoms with Crippen LogP contribution in [0.3, 0.4) is 0 Å². The van der Waals surface area contributed by atoms with Crippen molar-refractivity contribution in [1.82, 2.24) is 0 Å². The molecular formula is C17H14N2O2. The summed E-state index contributed by atoms with van der Waals surface area (Å²) in [5.74, 6) is 1.11. The van der Waals surface area contributed by atoms with Crippen molar-refractivity contribution in [2.75, 3.05) is 7.11 Å². The zero-order valence-corrected chi connectivity index (χ0v) is 11.9. The number of benzene rings is 2. The Bertz CT molecular complexity index is 739. The van der Waals surface area contributed by atoms with Crippen LogP contribution in [-0.4, -0.2) is 7.11 Å². The number of aryl methyl sites for hydroxylation is 1. The zero-order valence-electron chi connectivity index (χ0n) is 11.9. The molecule has 0 bridgehead atoms. The van der Waals surface area contributed by atoms with E-state index in [1.807, 2.05) is 19.1 Å². The van der Waals surface area contributed by atoms with Crippen LogP contribution in [0.4, 0.5) is 0 Å². The number of ether oxygens (including phenoxy) is 2. The summed E-state index contributed by atoms with van der Waals surface area (Å²) >= 11 is 0. The van der Waals surface area contributed by atoms with E-state index >= 15 is 0 Å². The van der Waals surface area contributed by atoms with E-state index in [-0.39, 0.29) is 0 Å². The summed E-state index contributed by atoms with van der Waals surface area (Å²) in [4.78, 5) is 0. The molecule has 4 nitrogen and oxygen atoms in total. The third-order valence-corrected chi connectivity index (χ3v) is 3.15. The number of rotatable bonds is 4. The van der Waals surface area contributed by atoms with Crippen LogP contribution in [0.1, 0.15) is 22.3 Å². The third kappa shape index (κ3) is 3.32. The fraction of sp³-hybridized carbons (Fsp3) is 0.176. The van der Waals surface area contributed by atoms with E-state index in [0.29, 0.717) is 29.2 Å². The van der Waals surface area contributed by atoms with Gasteiger partial charge in [0.2, 0.25) is 0 Å². The SMILES string of the molecule is COc1cc(C#N)ccc1OCc1ccc(C#N)cc1C. The molecule has 0 atom stereocenters. The van der Waals surface area contributed by atoms with Gasteiger partial charge < -0.3 is 9.47 Å². The molecule has 21 heavy (non-hydrogen) atoms. The molecule has 4 heteroatoms. The molecule has 0 aliphatic rings. The summed E-state index contributed by atoms with van der Waals surface area (Å²) in [7, 11) is 1.54. The lowest BCUT2D eigenvalue weighted by atomic mass is 10.1. The predicted octanol–water partition coefficient (Wildman–Crippen LogP) is 3.33. The molecule has 0 aliphatic heterocycles. The maximum absolute atomic E-state index is 8.87. The summed E-state index contributed by atoms with van der Waals surface area (Å²) in [6.45, 7) is 2.31. The topological polar surface area (TPSA) is 66.0 Å². The van der Waals surface area contributed by atoms with Gasteiger partial charge in [0, 0.05) is 6.07 Å². The standard InChI is InChI=1S/C17H14N2O2/c1-12-7-13(9-18)3-5-15(12)11-21-16-6-4-14(10-19)8-17(16)20-2/h3-8H,11H2,1-2H3. The number of nitrogens with zero attached hydrogens (tertiary/aromatic N) is 2. The van der Waals surface area contributed by atoms with Crippen LogP contribution in [0.5, 0.6) is 11.5 Å². The molecule has 0 saturated heterocycles. The van der Waals surface area contributed by atoms with Crippen molar-refractivity contribution in [2.24, 2.45) is 0 Å². The van der Waals surface area contributed by atoms with E-state index in [1.54, 1.807) is 24.3 Å². The molecule has 0 radical (unpaired) electrons. The molecule has 0 amide bonds. The Morgan fingerprint density at radius 3 is 2.24 bits per heavy atom. The summed E-state index contributed by atoms with van der Waals surface area (Å²) in [6, 6.07) is 14.7. The molecule has 0 fully saturated rings. The highest BCUT2D eigenvalue weighted by Crippen LogP contribution is 2.28. The number of nitriles is 2. The molecule has 0 spiro atoms. The fourth-order valence-corrected chi connectivity index (χ4v) is 1.94. The van der Waals surface area contributed by atoms with Crippen molar-refractivity contribution in [1.29, 1.82) is 10.5 Å². The lowest BCUT2D eigenvalue weighted by molar-refractivity contribution is 0.284. The Balaban J connectivity index is 2.17. The molecule has 2 rings (SSSR count). The molecule has 0 unspecified atom stereocenters. The lowest BCUT2D eigenvalue weighted by Crippen LogP contribution is -2.00. The van der Waals surface area contributed by atoms with Gasteiger partial charge >= 0.3 is 0 Å². The minimum atomic E-state index is 0.375. The van der Waals surface area contributed by atoms with Crippen molar-refractivity contribution in [3.05, 3.63) is 58.7 Å². The third-order valence-electron chi connectivity index (χ3n) is 3.15. The Morgan fingerprint density at radius 2 is 1.62 bits per heavy atom. The van der Waals surface area contributed by atoms with Crippen molar-refractivity contribution in [3.8, 4) is 23.6 Å². The van der Waals surface area contributed by atoms with E-state index in [4.69, 9.17) is 20.0 Å². The average Bonchev–Trinajstić information content (AvgIpc) is 2.53. The van der Waals surface area contributed by atoms with Gasteiger partial charge in [-0.2, -0.15) is 10.5 Å². The molecule has 104 valence electrons. The van der Waals surface area contributed by atoms with Crippen LogP contribution in [0.25, 0.3) is 0 Å². The van der Waals surface area contributed by atoms with E-state index in [0.717, 1.165) is 11.1 Å². The molecule has 0 N–H and O–H groups in total. The molecule has 2 aromatic carbocycles. The van der Waals surface area contributed by atoms with E-state index in [1.165, 1.54) is 7.11 Å². The fourth-order valence-electron chi connectivity index (χ4n) is 1.94. The molecule has 0 aliphatic carbocycles. The van der Waals surface area contributed by atoms with Gasteiger partial charge in [0.25, 0.3) is 0 Å². The average molecular weight is 278 g/mol. The maximum Gasteiger partial charge on any atom is 0.162 e. The minimum absolute atomic E-state index is 0.375. The van der Waals surface area contributed by atoms with Crippen LogP contribution in [-0.2, 0) is 6.61 Å². The van der Waals surface area contributed by atoms with Gasteiger partial charge in [0.1, 0.15) is 6.61 Å². The first-order valence-electron chi connectivity index (χ1n) is 6.38. The van der Waals surface area contributed by atoms with Crippen molar-refractivity contribution < 1.29 is 9.47 Å². The molecule has 2 aromatic rings. The number of methoxy groups -OCH3 is 1. The highest BCUT2D eigenvalue weighted by molar-refractivity contribution is 5.47. The van der Waals surface area contributed by atoms with Gasteiger partial charge in [-0.15, -0.1) is 0 Å². The van der Waals surface area contributed by atoms with E-state index in [2.05, 4.69) is 12.1 Å². The summed E-state index contributed by atoms with van der Waals surface area (Å²) in [5, 5.41) is 17.7. The van der Waals surface area contributed by atoms with Gasteiger partial charge in [-0.25, -0.2) is 0 Å².